The van der Waals surface area contributed by atoms with Gasteiger partial charge >= 0.3 is 5.97 Å². The highest BCUT2D eigenvalue weighted by molar-refractivity contribution is 5.76. The number of morpholine rings is 1. The molecule has 2 fully saturated rings. The number of hydrogen-bond acceptors (Lipinski definition) is 4. The largest absolute Gasteiger partial charge is 0.481 e. The molecule has 114 valence electrons. The zero-order chi connectivity index (χ0) is 14.4. The lowest BCUT2D eigenvalue weighted by Gasteiger charge is -2.34. The number of carboxylic acid groups (broad SMARTS) is 1. The molecule has 0 spiro atoms. The number of likely N-dealkylation sites (tertiary alicyclic amines) is 1. The van der Waals surface area contributed by atoms with Gasteiger partial charge in [-0.05, 0) is 25.2 Å². The fourth-order valence-electron chi connectivity index (χ4n) is 2.93. The summed E-state index contributed by atoms with van der Waals surface area (Å²) in [5, 5.41) is 12.0. The molecule has 2 aliphatic heterocycles. The number of aliphatic carboxylic acids is 1. The maximum atomic E-state index is 12.3. The average molecular weight is 284 g/mol. The van der Waals surface area contributed by atoms with Crippen LogP contribution in [0.25, 0.3) is 0 Å². The van der Waals surface area contributed by atoms with Crippen molar-refractivity contribution in [2.75, 3.05) is 32.8 Å². The molecule has 2 rings (SSSR count). The summed E-state index contributed by atoms with van der Waals surface area (Å²) in [5.41, 5.74) is 0. The second-order valence-corrected chi connectivity index (χ2v) is 5.68. The first-order chi connectivity index (χ1) is 9.65. The van der Waals surface area contributed by atoms with Crippen molar-refractivity contribution in [3.63, 3.8) is 0 Å². The fraction of sp³-hybridized carbons (Fsp3) is 0.857. The summed E-state index contributed by atoms with van der Waals surface area (Å²) in [6.07, 6.45) is 3.27. The zero-order valence-electron chi connectivity index (χ0n) is 11.8. The van der Waals surface area contributed by atoms with Gasteiger partial charge in [0, 0.05) is 32.6 Å². The summed E-state index contributed by atoms with van der Waals surface area (Å²) in [6, 6.07) is 0. The van der Waals surface area contributed by atoms with Crippen molar-refractivity contribution in [1.82, 2.24) is 10.2 Å². The molecule has 2 atom stereocenters. The molecule has 6 heteroatoms. The van der Waals surface area contributed by atoms with E-state index in [2.05, 4.69) is 5.32 Å². The van der Waals surface area contributed by atoms with Crippen molar-refractivity contribution in [3.8, 4) is 0 Å². The standard InChI is InChI=1S/C14H24N2O4/c17-13(8-12-9-15-5-7-20-12)16-6-1-2-11(10-16)3-4-14(18)19/h11-12,15H,1-10H2,(H,18,19). The summed E-state index contributed by atoms with van der Waals surface area (Å²) < 4.78 is 5.56. The Labute approximate surface area is 119 Å². The predicted octanol–water partition coefficient (Wildman–Crippen LogP) is 0.468. The molecule has 6 nitrogen and oxygen atoms in total. The molecule has 0 radical (unpaired) electrons. The lowest BCUT2D eigenvalue weighted by atomic mass is 9.93. The quantitative estimate of drug-likeness (QED) is 0.767. The van der Waals surface area contributed by atoms with Crippen LogP contribution in [0.3, 0.4) is 0 Å². The number of amides is 1. The Bertz CT molecular complexity index is 342. The van der Waals surface area contributed by atoms with Gasteiger partial charge in [0.15, 0.2) is 0 Å². The summed E-state index contributed by atoms with van der Waals surface area (Å²) in [6.45, 7) is 3.75. The summed E-state index contributed by atoms with van der Waals surface area (Å²) in [7, 11) is 0. The van der Waals surface area contributed by atoms with E-state index < -0.39 is 5.97 Å². The molecule has 2 saturated heterocycles. The van der Waals surface area contributed by atoms with Crippen LogP contribution < -0.4 is 5.32 Å². The van der Waals surface area contributed by atoms with E-state index >= 15 is 0 Å². The van der Waals surface area contributed by atoms with E-state index in [1.165, 1.54) is 0 Å². The van der Waals surface area contributed by atoms with Crippen molar-refractivity contribution < 1.29 is 19.4 Å². The van der Waals surface area contributed by atoms with Crippen molar-refractivity contribution in [2.24, 2.45) is 5.92 Å². The molecule has 0 saturated carbocycles. The minimum Gasteiger partial charge on any atom is -0.481 e. The number of nitrogens with one attached hydrogen (secondary N) is 1. The number of nitrogens with zero attached hydrogens (tertiary/aromatic N) is 1. The monoisotopic (exact) mass is 284 g/mol. The molecule has 2 heterocycles. The van der Waals surface area contributed by atoms with Crippen LogP contribution in [0, 0.1) is 5.92 Å². The Kier molecular flexibility index (Phi) is 5.79. The first-order valence-corrected chi connectivity index (χ1v) is 7.47. The summed E-state index contributed by atoms with van der Waals surface area (Å²) >= 11 is 0. The third kappa shape index (κ3) is 4.76. The molecule has 0 aliphatic carbocycles. The highest BCUT2D eigenvalue weighted by atomic mass is 16.5. The van der Waals surface area contributed by atoms with E-state index in [-0.39, 0.29) is 18.4 Å². The Morgan fingerprint density at radius 2 is 2.25 bits per heavy atom. The second-order valence-electron chi connectivity index (χ2n) is 5.68. The summed E-state index contributed by atoms with van der Waals surface area (Å²) in [5.74, 6) is -0.289. The normalized spacial score (nSPS) is 27.3. The lowest BCUT2D eigenvalue weighted by Crippen LogP contribution is -2.45. The third-order valence-corrected chi connectivity index (χ3v) is 4.04. The Morgan fingerprint density at radius 1 is 1.40 bits per heavy atom. The first-order valence-electron chi connectivity index (χ1n) is 7.47. The second kappa shape index (κ2) is 7.59. The number of carboxylic acids is 1. The first kappa shape index (κ1) is 15.3. The van der Waals surface area contributed by atoms with Gasteiger partial charge in [0.1, 0.15) is 0 Å². The van der Waals surface area contributed by atoms with Crippen molar-refractivity contribution in [2.45, 2.75) is 38.2 Å². The van der Waals surface area contributed by atoms with Gasteiger partial charge in [-0.3, -0.25) is 9.59 Å². The lowest BCUT2D eigenvalue weighted by molar-refractivity contribution is -0.137. The maximum Gasteiger partial charge on any atom is 0.303 e. The van der Waals surface area contributed by atoms with Gasteiger partial charge in [0.05, 0.1) is 19.1 Å². The van der Waals surface area contributed by atoms with Crippen LogP contribution in [-0.4, -0.2) is 60.8 Å². The van der Waals surface area contributed by atoms with Crippen molar-refractivity contribution >= 4 is 11.9 Å². The van der Waals surface area contributed by atoms with E-state index in [1.807, 2.05) is 4.90 Å². The number of rotatable bonds is 5. The highest BCUT2D eigenvalue weighted by Crippen LogP contribution is 2.22. The summed E-state index contributed by atoms with van der Waals surface area (Å²) in [4.78, 5) is 24.8. The molecular formula is C14H24N2O4. The zero-order valence-corrected chi connectivity index (χ0v) is 11.8. The topological polar surface area (TPSA) is 78.9 Å². The van der Waals surface area contributed by atoms with E-state index in [4.69, 9.17) is 9.84 Å². The Balaban J connectivity index is 1.75. The molecule has 2 aliphatic rings. The van der Waals surface area contributed by atoms with Crippen LogP contribution in [-0.2, 0) is 14.3 Å². The number of carbonyl (C=O) groups is 2. The van der Waals surface area contributed by atoms with Crippen LogP contribution in [0.5, 0.6) is 0 Å². The number of ether oxygens (including phenoxy) is 1. The predicted molar refractivity (Wildman–Crippen MR) is 73.4 cm³/mol. The SMILES string of the molecule is O=C(O)CCC1CCCN(C(=O)CC2CNCCO2)C1. The smallest absolute Gasteiger partial charge is 0.303 e. The van der Waals surface area contributed by atoms with Gasteiger partial charge in [0.25, 0.3) is 0 Å². The fourth-order valence-corrected chi connectivity index (χ4v) is 2.93. The van der Waals surface area contributed by atoms with Gasteiger partial charge in [-0.25, -0.2) is 0 Å². The average Bonchev–Trinajstić information content (AvgIpc) is 2.46. The number of hydrogen-bond donors (Lipinski definition) is 2. The van der Waals surface area contributed by atoms with E-state index in [0.717, 1.165) is 32.5 Å². The van der Waals surface area contributed by atoms with E-state index in [1.54, 1.807) is 0 Å². The van der Waals surface area contributed by atoms with Gasteiger partial charge in [-0.1, -0.05) is 0 Å². The van der Waals surface area contributed by atoms with Crippen LogP contribution in [0.2, 0.25) is 0 Å². The van der Waals surface area contributed by atoms with Crippen LogP contribution in [0.1, 0.15) is 32.1 Å². The molecule has 20 heavy (non-hydrogen) atoms. The highest BCUT2D eigenvalue weighted by Gasteiger charge is 2.26. The molecular weight excluding hydrogens is 260 g/mol. The molecule has 2 unspecified atom stereocenters. The molecule has 0 aromatic rings. The molecule has 0 bridgehead atoms. The van der Waals surface area contributed by atoms with Gasteiger partial charge < -0.3 is 20.1 Å². The minimum atomic E-state index is -0.755. The van der Waals surface area contributed by atoms with Gasteiger partial charge in [-0.15, -0.1) is 0 Å². The van der Waals surface area contributed by atoms with Crippen LogP contribution in [0.15, 0.2) is 0 Å². The molecule has 1 amide bonds. The molecule has 2 N–H and O–H groups in total. The third-order valence-electron chi connectivity index (χ3n) is 4.04. The van der Waals surface area contributed by atoms with Crippen LogP contribution in [0.4, 0.5) is 0 Å². The van der Waals surface area contributed by atoms with E-state index in [0.29, 0.717) is 31.9 Å². The maximum absolute atomic E-state index is 12.3. The number of carbonyl (C=O) groups excluding carboxylic acids is 1. The van der Waals surface area contributed by atoms with Crippen molar-refractivity contribution in [1.29, 1.82) is 0 Å². The van der Waals surface area contributed by atoms with E-state index in [9.17, 15) is 9.59 Å². The molecule has 0 aromatic heterocycles. The minimum absolute atomic E-state index is 0.0179. The number of piperidine rings is 1. The Morgan fingerprint density at radius 3 is 2.95 bits per heavy atom. The van der Waals surface area contributed by atoms with Gasteiger partial charge in [0.2, 0.25) is 5.91 Å². The Hall–Kier alpha value is -1.14. The van der Waals surface area contributed by atoms with Crippen molar-refractivity contribution in [3.05, 3.63) is 0 Å². The van der Waals surface area contributed by atoms with Crippen LogP contribution >= 0.6 is 0 Å². The molecule has 0 aromatic carbocycles. The van der Waals surface area contributed by atoms with Gasteiger partial charge in [-0.2, -0.15) is 0 Å².